The predicted octanol–water partition coefficient (Wildman–Crippen LogP) is -0.317. The van der Waals surface area contributed by atoms with Gasteiger partial charge in [-0.3, -0.25) is 4.79 Å². The summed E-state index contributed by atoms with van der Waals surface area (Å²) in [5.74, 6) is -1.05. The second kappa shape index (κ2) is 3.61. The van der Waals surface area contributed by atoms with E-state index in [1.807, 2.05) is 0 Å². The molecule has 0 bridgehead atoms. The normalized spacial score (nSPS) is 19.0. The lowest BCUT2D eigenvalue weighted by Crippen LogP contribution is -2.48. The Morgan fingerprint density at radius 1 is 1.36 bits per heavy atom. The molecule has 11 heavy (non-hydrogen) atoms. The molecule has 1 saturated heterocycles. The standard InChI is InChI=1S/C6H10F2N2O/c7-5(8)6(11)10-3-1-9-2-4-10/h5,9H,1-4H2. The first-order chi connectivity index (χ1) is 5.22. The van der Waals surface area contributed by atoms with Crippen LogP contribution in [0.5, 0.6) is 0 Å². The molecular weight excluding hydrogens is 154 g/mol. The van der Waals surface area contributed by atoms with Crippen molar-refractivity contribution in [3.8, 4) is 0 Å². The van der Waals surface area contributed by atoms with Gasteiger partial charge in [0, 0.05) is 26.2 Å². The molecule has 3 nitrogen and oxygen atoms in total. The van der Waals surface area contributed by atoms with Crippen LogP contribution in [0.25, 0.3) is 0 Å². The molecule has 0 aromatic heterocycles. The zero-order valence-electron chi connectivity index (χ0n) is 6.02. The number of hydrogen-bond acceptors (Lipinski definition) is 2. The van der Waals surface area contributed by atoms with Crippen LogP contribution in [0.4, 0.5) is 8.78 Å². The molecule has 0 aromatic rings. The second-order valence-corrected chi connectivity index (χ2v) is 2.38. The van der Waals surface area contributed by atoms with Crippen molar-refractivity contribution < 1.29 is 13.6 Å². The number of rotatable bonds is 1. The van der Waals surface area contributed by atoms with Gasteiger partial charge in [-0.25, -0.2) is 0 Å². The summed E-state index contributed by atoms with van der Waals surface area (Å²) in [6, 6.07) is 0. The van der Waals surface area contributed by atoms with Gasteiger partial charge in [-0.1, -0.05) is 0 Å². The molecule has 5 heteroatoms. The van der Waals surface area contributed by atoms with Crippen molar-refractivity contribution in [1.82, 2.24) is 10.2 Å². The van der Waals surface area contributed by atoms with Gasteiger partial charge in [-0.2, -0.15) is 8.78 Å². The van der Waals surface area contributed by atoms with Gasteiger partial charge in [0.2, 0.25) is 0 Å². The van der Waals surface area contributed by atoms with Crippen molar-refractivity contribution >= 4 is 5.91 Å². The van der Waals surface area contributed by atoms with E-state index in [4.69, 9.17) is 0 Å². The fourth-order valence-electron chi connectivity index (χ4n) is 1.02. The third kappa shape index (κ3) is 2.11. The molecule has 1 heterocycles. The summed E-state index contributed by atoms with van der Waals surface area (Å²) in [5.41, 5.74) is 0. The maximum absolute atomic E-state index is 11.8. The van der Waals surface area contributed by atoms with Crippen LogP contribution in [0.15, 0.2) is 0 Å². The Kier molecular flexibility index (Phi) is 2.76. The zero-order chi connectivity index (χ0) is 8.27. The number of halogens is 2. The molecular formula is C6H10F2N2O. The Balaban J connectivity index is 2.39. The first kappa shape index (κ1) is 8.39. The van der Waals surface area contributed by atoms with E-state index in [2.05, 4.69) is 5.32 Å². The summed E-state index contributed by atoms with van der Waals surface area (Å²) in [5, 5.41) is 2.97. The molecule has 1 fully saturated rings. The SMILES string of the molecule is O=C(C(F)F)N1CCNCC1. The first-order valence-corrected chi connectivity index (χ1v) is 3.49. The quantitative estimate of drug-likeness (QED) is 0.576. The molecule has 64 valence electrons. The van der Waals surface area contributed by atoms with Gasteiger partial charge in [-0.15, -0.1) is 0 Å². The van der Waals surface area contributed by atoms with E-state index in [1.54, 1.807) is 0 Å². The molecule has 0 aromatic carbocycles. The van der Waals surface area contributed by atoms with Crippen LogP contribution < -0.4 is 5.32 Å². The average molecular weight is 164 g/mol. The molecule has 0 spiro atoms. The zero-order valence-corrected chi connectivity index (χ0v) is 6.02. The number of piperazine rings is 1. The van der Waals surface area contributed by atoms with Gasteiger partial charge < -0.3 is 10.2 Å². The summed E-state index contributed by atoms with van der Waals surface area (Å²) < 4.78 is 23.6. The minimum atomic E-state index is -2.85. The Morgan fingerprint density at radius 2 is 1.91 bits per heavy atom. The minimum absolute atomic E-state index is 0.392. The van der Waals surface area contributed by atoms with Gasteiger partial charge in [-0.05, 0) is 0 Å². The topological polar surface area (TPSA) is 32.3 Å². The van der Waals surface area contributed by atoms with Crippen LogP contribution >= 0.6 is 0 Å². The first-order valence-electron chi connectivity index (χ1n) is 3.49. The highest BCUT2D eigenvalue weighted by Crippen LogP contribution is 2.01. The predicted molar refractivity (Wildman–Crippen MR) is 35.5 cm³/mol. The fraction of sp³-hybridized carbons (Fsp3) is 0.833. The Morgan fingerprint density at radius 3 is 2.36 bits per heavy atom. The van der Waals surface area contributed by atoms with Crippen molar-refractivity contribution in [1.29, 1.82) is 0 Å². The van der Waals surface area contributed by atoms with Crippen molar-refractivity contribution in [2.75, 3.05) is 26.2 Å². The van der Waals surface area contributed by atoms with E-state index >= 15 is 0 Å². The molecule has 1 rings (SSSR count). The van der Waals surface area contributed by atoms with Crippen LogP contribution in [-0.2, 0) is 4.79 Å². The number of alkyl halides is 2. The number of hydrogen-bond donors (Lipinski definition) is 1. The lowest BCUT2D eigenvalue weighted by molar-refractivity contribution is -0.143. The maximum atomic E-state index is 11.8. The van der Waals surface area contributed by atoms with E-state index in [0.29, 0.717) is 26.2 Å². The van der Waals surface area contributed by atoms with E-state index < -0.39 is 12.3 Å². The summed E-state index contributed by atoms with van der Waals surface area (Å²) in [6.45, 7) is 2.00. The number of nitrogens with one attached hydrogen (secondary N) is 1. The fourth-order valence-corrected chi connectivity index (χ4v) is 1.02. The molecule has 0 radical (unpaired) electrons. The van der Waals surface area contributed by atoms with E-state index in [0.717, 1.165) is 0 Å². The molecule has 0 aliphatic carbocycles. The highest BCUT2D eigenvalue weighted by atomic mass is 19.3. The maximum Gasteiger partial charge on any atom is 0.315 e. The largest absolute Gasteiger partial charge is 0.335 e. The van der Waals surface area contributed by atoms with Gasteiger partial charge >= 0.3 is 6.43 Å². The monoisotopic (exact) mass is 164 g/mol. The minimum Gasteiger partial charge on any atom is -0.335 e. The lowest BCUT2D eigenvalue weighted by atomic mass is 10.3. The van der Waals surface area contributed by atoms with Crippen LogP contribution in [0.1, 0.15) is 0 Å². The lowest BCUT2D eigenvalue weighted by Gasteiger charge is -2.26. The summed E-state index contributed by atoms with van der Waals surface area (Å²) in [4.78, 5) is 11.8. The van der Waals surface area contributed by atoms with Crippen LogP contribution in [-0.4, -0.2) is 43.4 Å². The summed E-state index contributed by atoms with van der Waals surface area (Å²) in [7, 11) is 0. The number of amides is 1. The van der Waals surface area contributed by atoms with Gasteiger partial charge in [0.1, 0.15) is 0 Å². The van der Waals surface area contributed by atoms with Gasteiger partial charge in [0.25, 0.3) is 5.91 Å². The van der Waals surface area contributed by atoms with E-state index in [-0.39, 0.29) is 0 Å². The van der Waals surface area contributed by atoms with Crippen molar-refractivity contribution in [2.45, 2.75) is 6.43 Å². The van der Waals surface area contributed by atoms with E-state index in [9.17, 15) is 13.6 Å². The molecule has 0 atom stereocenters. The highest BCUT2D eigenvalue weighted by Gasteiger charge is 2.23. The van der Waals surface area contributed by atoms with Crippen molar-refractivity contribution in [3.63, 3.8) is 0 Å². The van der Waals surface area contributed by atoms with E-state index in [1.165, 1.54) is 4.90 Å². The Labute approximate surface area is 63.4 Å². The molecule has 1 amide bonds. The number of carbonyl (C=O) groups excluding carboxylic acids is 1. The van der Waals surface area contributed by atoms with Crippen molar-refractivity contribution in [3.05, 3.63) is 0 Å². The smallest absolute Gasteiger partial charge is 0.315 e. The molecule has 1 aliphatic heterocycles. The number of carbonyl (C=O) groups is 1. The molecule has 1 N–H and O–H groups in total. The third-order valence-corrected chi connectivity index (χ3v) is 1.62. The number of nitrogens with zero attached hydrogens (tertiary/aromatic N) is 1. The Bertz CT molecular complexity index is 146. The van der Waals surface area contributed by atoms with Crippen LogP contribution in [0, 0.1) is 0 Å². The summed E-state index contributed by atoms with van der Waals surface area (Å²) >= 11 is 0. The highest BCUT2D eigenvalue weighted by molar-refractivity contribution is 5.79. The molecule has 0 unspecified atom stereocenters. The van der Waals surface area contributed by atoms with Crippen molar-refractivity contribution in [2.24, 2.45) is 0 Å². The van der Waals surface area contributed by atoms with Gasteiger partial charge in [0.15, 0.2) is 0 Å². The molecule has 1 aliphatic rings. The second-order valence-electron chi connectivity index (χ2n) is 2.38. The van der Waals surface area contributed by atoms with Crippen LogP contribution in [0.2, 0.25) is 0 Å². The van der Waals surface area contributed by atoms with Gasteiger partial charge in [0.05, 0.1) is 0 Å². The summed E-state index contributed by atoms with van der Waals surface area (Å²) in [6.07, 6.45) is -2.85. The third-order valence-electron chi connectivity index (χ3n) is 1.62. The Hall–Kier alpha value is -0.710. The average Bonchev–Trinajstić information content (AvgIpc) is 2.05. The molecule has 0 saturated carbocycles. The van der Waals surface area contributed by atoms with Crippen LogP contribution in [0.3, 0.4) is 0 Å².